The summed E-state index contributed by atoms with van der Waals surface area (Å²) in [7, 11) is 0. The van der Waals surface area contributed by atoms with E-state index in [1.807, 2.05) is 0 Å². The summed E-state index contributed by atoms with van der Waals surface area (Å²) in [5, 5.41) is 2.63. The number of fused-ring (bicyclic) bond motifs is 1. The molecule has 1 saturated carbocycles. The lowest BCUT2D eigenvalue weighted by Gasteiger charge is -2.37. The molecule has 4 rings (SSSR count). The van der Waals surface area contributed by atoms with Crippen LogP contribution in [0.2, 0.25) is 0 Å². The Morgan fingerprint density at radius 2 is 1.88 bits per heavy atom. The van der Waals surface area contributed by atoms with Gasteiger partial charge in [0.25, 0.3) is 0 Å². The molecule has 1 aliphatic carbocycles. The number of rotatable bonds is 5. The summed E-state index contributed by atoms with van der Waals surface area (Å²) in [6, 6.07) is 15.5. The van der Waals surface area contributed by atoms with Crippen LogP contribution in [0.15, 0.2) is 42.5 Å². The van der Waals surface area contributed by atoms with Crippen molar-refractivity contribution in [1.29, 1.82) is 0 Å². The van der Waals surface area contributed by atoms with Gasteiger partial charge in [0.1, 0.15) is 5.78 Å². The fourth-order valence-corrected chi connectivity index (χ4v) is 4.46. The molecule has 0 bridgehead atoms. The van der Waals surface area contributed by atoms with Crippen LogP contribution in [-0.2, 0) is 16.0 Å². The Morgan fingerprint density at radius 3 is 2.76 bits per heavy atom. The van der Waals surface area contributed by atoms with E-state index in [2.05, 4.69) is 47.4 Å². The molecular weight excluding hydrogens is 310 g/mol. The number of hydrogen-bond acceptors (Lipinski definition) is 3. The first-order valence-electron chi connectivity index (χ1n) is 9.65. The van der Waals surface area contributed by atoms with Crippen LogP contribution in [0.4, 0.5) is 0 Å². The van der Waals surface area contributed by atoms with E-state index in [4.69, 9.17) is 4.74 Å². The van der Waals surface area contributed by atoms with Crippen LogP contribution in [0, 0.1) is 0 Å². The fourth-order valence-electron chi connectivity index (χ4n) is 4.46. The van der Waals surface area contributed by atoms with Gasteiger partial charge in [-0.15, -0.1) is 0 Å². The number of ether oxygens (including phenoxy) is 1. The summed E-state index contributed by atoms with van der Waals surface area (Å²) in [6.45, 7) is 2.32. The highest BCUT2D eigenvalue weighted by atomic mass is 16.5. The van der Waals surface area contributed by atoms with E-state index in [1.54, 1.807) is 0 Å². The maximum Gasteiger partial charge on any atom is 0.148 e. The highest BCUT2D eigenvalue weighted by Crippen LogP contribution is 2.28. The maximum atomic E-state index is 11.6. The lowest BCUT2D eigenvalue weighted by Crippen LogP contribution is -2.45. The van der Waals surface area contributed by atoms with Crippen molar-refractivity contribution in [2.75, 3.05) is 19.7 Å². The van der Waals surface area contributed by atoms with Gasteiger partial charge in [0.05, 0.1) is 19.3 Å². The molecule has 132 valence electrons. The first kappa shape index (κ1) is 16.7. The molecule has 0 N–H and O–H groups in total. The van der Waals surface area contributed by atoms with Crippen LogP contribution in [-0.4, -0.2) is 42.5 Å². The van der Waals surface area contributed by atoms with E-state index in [0.717, 1.165) is 32.4 Å². The first-order chi connectivity index (χ1) is 12.3. The number of benzene rings is 2. The Kier molecular flexibility index (Phi) is 5.14. The molecule has 25 heavy (non-hydrogen) atoms. The normalized spacial score (nSPS) is 24.9. The third-order valence-corrected chi connectivity index (χ3v) is 5.78. The number of Topliss-reactive ketones (excluding diaryl/α,β-unsaturated/α-hetero) is 1. The van der Waals surface area contributed by atoms with Gasteiger partial charge in [-0.25, -0.2) is 0 Å². The van der Waals surface area contributed by atoms with E-state index in [1.165, 1.54) is 35.6 Å². The molecule has 1 heterocycles. The molecule has 3 heteroatoms. The molecule has 3 nitrogen and oxygen atoms in total. The third kappa shape index (κ3) is 3.78. The van der Waals surface area contributed by atoms with Crippen LogP contribution in [0.5, 0.6) is 0 Å². The largest absolute Gasteiger partial charge is 0.376 e. The molecule has 1 saturated heterocycles. The summed E-state index contributed by atoms with van der Waals surface area (Å²) in [4.78, 5) is 14.0. The molecule has 1 aliphatic heterocycles. The standard InChI is InChI=1S/C22H27NO2/c24-19-12-14-23(16-19)21-10-3-4-11-22(21)25-15-13-18-8-5-7-17-6-1-2-9-20(17)18/h1-2,5-9,21-22H,3-4,10-16H2/t21-,22+/m1/s1. The molecule has 0 spiro atoms. The molecule has 0 aromatic heterocycles. The molecule has 0 radical (unpaired) electrons. The van der Waals surface area contributed by atoms with Gasteiger partial charge in [-0.05, 0) is 35.6 Å². The van der Waals surface area contributed by atoms with Crippen molar-refractivity contribution in [3.8, 4) is 0 Å². The van der Waals surface area contributed by atoms with E-state index in [-0.39, 0.29) is 6.10 Å². The SMILES string of the molecule is O=C1CCN([C@@H]2CCCC[C@@H]2OCCc2cccc3ccccc23)C1. The van der Waals surface area contributed by atoms with E-state index >= 15 is 0 Å². The summed E-state index contributed by atoms with van der Waals surface area (Å²) >= 11 is 0. The lowest BCUT2D eigenvalue weighted by atomic mass is 9.91. The fraction of sp³-hybridized carbons (Fsp3) is 0.500. The molecule has 2 fully saturated rings. The van der Waals surface area contributed by atoms with Crippen LogP contribution in [0.1, 0.15) is 37.7 Å². The van der Waals surface area contributed by atoms with Crippen LogP contribution in [0.3, 0.4) is 0 Å². The van der Waals surface area contributed by atoms with Gasteiger partial charge >= 0.3 is 0 Å². The molecular formula is C22H27NO2. The van der Waals surface area contributed by atoms with Gasteiger partial charge in [-0.2, -0.15) is 0 Å². The second kappa shape index (κ2) is 7.67. The van der Waals surface area contributed by atoms with E-state index < -0.39 is 0 Å². The number of carbonyl (C=O) groups is 1. The molecule has 2 aliphatic rings. The summed E-state index contributed by atoms with van der Waals surface area (Å²) in [5.41, 5.74) is 1.36. The van der Waals surface area contributed by atoms with Gasteiger partial charge in [0, 0.05) is 19.0 Å². The zero-order valence-electron chi connectivity index (χ0n) is 14.8. The van der Waals surface area contributed by atoms with Crippen molar-refractivity contribution < 1.29 is 9.53 Å². The molecule has 2 atom stereocenters. The predicted molar refractivity (Wildman–Crippen MR) is 101 cm³/mol. The third-order valence-electron chi connectivity index (χ3n) is 5.78. The molecule has 2 aromatic rings. The van der Waals surface area contributed by atoms with E-state index in [9.17, 15) is 4.79 Å². The van der Waals surface area contributed by atoms with Crippen LogP contribution < -0.4 is 0 Å². The smallest absolute Gasteiger partial charge is 0.148 e. The Balaban J connectivity index is 1.38. The maximum absolute atomic E-state index is 11.6. The predicted octanol–water partition coefficient (Wildman–Crippen LogP) is 3.98. The molecule has 2 aromatic carbocycles. The molecule has 0 amide bonds. The highest BCUT2D eigenvalue weighted by molar-refractivity contribution is 5.85. The minimum atomic E-state index is 0.287. The second-order valence-corrected chi connectivity index (χ2v) is 7.41. The van der Waals surface area contributed by atoms with Gasteiger partial charge in [0.15, 0.2) is 0 Å². The van der Waals surface area contributed by atoms with Gasteiger partial charge < -0.3 is 4.74 Å². The van der Waals surface area contributed by atoms with Crippen molar-refractivity contribution in [2.24, 2.45) is 0 Å². The Hall–Kier alpha value is -1.71. The van der Waals surface area contributed by atoms with Crippen molar-refractivity contribution >= 4 is 16.6 Å². The van der Waals surface area contributed by atoms with Gasteiger partial charge in [-0.1, -0.05) is 55.3 Å². The number of likely N-dealkylation sites (tertiary alicyclic amines) is 1. The Labute approximate surface area is 150 Å². The van der Waals surface area contributed by atoms with Crippen molar-refractivity contribution in [1.82, 2.24) is 4.90 Å². The number of hydrogen-bond donors (Lipinski definition) is 0. The van der Waals surface area contributed by atoms with E-state index in [0.29, 0.717) is 18.4 Å². The topological polar surface area (TPSA) is 29.5 Å². The van der Waals surface area contributed by atoms with Crippen LogP contribution >= 0.6 is 0 Å². The summed E-state index contributed by atoms with van der Waals surface area (Å²) in [6.07, 6.45) is 6.77. The zero-order valence-corrected chi connectivity index (χ0v) is 14.8. The highest BCUT2D eigenvalue weighted by Gasteiger charge is 2.34. The number of ketones is 1. The van der Waals surface area contributed by atoms with Crippen molar-refractivity contribution in [3.63, 3.8) is 0 Å². The van der Waals surface area contributed by atoms with Crippen LogP contribution in [0.25, 0.3) is 10.8 Å². The quantitative estimate of drug-likeness (QED) is 0.826. The number of carbonyl (C=O) groups excluding carboxylic acids is 1. The Morgan fingerprint density at radius 1 is 1.04 bits per heavy atom. The average Bonchev–Trinajstić information content (AvgIpc) is 3.08. The minimum Gasteiger partial charge on any atom is -0.376 e. The second-order valence-electron chi connectivity index (χ2n) is 7.41. The summed E-state index contributed by atoms with van der Waals surface area (Å²) < 4.78 is 6.34. The number of nitrogens with zero attached hydrogens (tertiary/aromatic N) is 1. The summed E-state index contributed by atoms with van der Waals surface area (Å²) in [5.74, 6) is 0.389. The first-order valence-corrected chi connectivity index (χ1v) is 9.65. The van der Waals surface area contributed by atoms with Gasteiger partial charge in [0.2, 0.25) is 0 Å². The molecule has 0 unspecified atom stereocenters. The van der Waals surface area contributed by atoms with Crippen molar-refractivity contribution in [2.45, 2.75) is 50.7 Å². The lowest BCUT2D eigenvalue weighted by molar-refractivity contribution is -0.117. The van der Waals surface area contributed by atoms with Gasteiger partial charge in [-0.3, -0.25) is 9.69 Å². The monoisotopic (exact) mass is 337 g/mol. The van der Waals surface area contributed by atoms with Crippen molar-refractivity contribution in [3.05, 3.63) is 48.0 Å². The zero-order chi connectivity index (χ0) is 17.1. The Bertz CT molecular complexity index is 736. The minimum absolute atomic E-state index is 0.287. The average molecular weight is 337 g/mol.